The minimum absolute atomic E-state index is 0.0659. The van der Waals surface area contributed by atoms with E-state index in [1.807, 2.05) is 24.9 Å². The van der Waals surface area contributed by atoms with Crippen LogP contribution in [-0.2, 0) is 5.41 Å². The van der Waals surface area contributed by atoms with Crippen LogP contribution in [0.3, 0.4) is 0 Å². The lowest BCUT2D eigenvalue weighted by Gasteiger charge is -2.26. The van der Waals surface area contributed by atoms with Gasteiger partial charge < -0.3 is 10.6 Å². The van der Waals surface area contributed by atoms with E-state index in [-0.39, 0.29) is 5.41 Å². The molecule has 1 aromatic carbocycles. The molecule has 0 radical (unpaired) electrons. The average Bonchev–Trinajstić information content (AvgIpc) is 2.51. The minimum Gasteiger partial charge on any atom is -0.356 e. The van der Waals surface area contributed by atoms with Crippen molar-refractivity contribution in [2.75, 3.05) is 31.6 Å². The standard InChI is InChI=1S/C17H27N3S/c1-5-12-21-13-11-19-16(18-4)20-14-17(2,3)15-9-7-6-8-10-15/h5-10H,1,11-14H2,2-4H3,(H2,18,19,20). The lowest BCUT2D eigenvalue weighted by Crippen LogP contribution is -2.44. The Hall–Kier alpha value is -1.42. The first-order chi connectivity index (χ1) is 10.1. The van der Waals surface area contributed by atoms with Gasteiger partial charge in [0.1, 0.15) is 0 Å². The molecule has 4 heteroatoms. The van der Waals surface area contributed by atoms with E-state index in [4.69, 9.17) is 0 Å². The summed E-state index contributed by atoms with van der Waals surface area (Å²) in [6.07, 6.45) is 1.93. The van der Waals surface area contributed by atoms with Gasteiger partial charge in [-0.25, -0.2) is 0 Å². The predicted molar refractivity (Wildman–Crippen MR) is 96.4 cm³/mol. The van der Waals surface area contributed by atoms with E-state index < -0.39 is 0 Å². The number of thioether (sulfide) groups is 1. The van der Waals surface area contributed by atoms with Crippen LogP contribution in [0.1, 0.15) is 19.4 Å². The van der Waals surface area contributed by atoms with Crippen molar-refractivity contribution in [2.45, 2.75) is 19.3 Å². The van der Waals surface area contributed by atoms with Crippen molar-refractivity contribution in [3.63, 3.8) is 0 Å². The first-order valence-corrected chi connectivity index (χ1v) is 8.44. The topological polar surface area (TPSA) is 36.4 Å². The Balaban J connectivity index is 2.39. The van der Waals surface area contributed by atoms with Crippen molar-refractivity contribution in [3.8, 4) is 0 Å². The van der Waals surface area contributed by atoms with Crippen LogP contribution in [0.25, 0.3) is 0 Å². The molecule has 1 rings (SSSR count). The van der Waals surface area contributed by atoms with Crippen molar-refractivity contribution >= 4 is 17.7 Å². The molecule has 2 N–H and O–H groups in total. The largest absolute Gasteiger partial charge is 0.356 e. The van der Waals surface area contributed by atoms with Crippen LogP contribution >= 0.6 is 11.8 Å². The molecule has 0 fully saturated rings. The Morgan fingerprint density at radius 3 is 2.62 bits per heavy atom. The monoisotopic (exact) mass is 305 g/mol. The summed E-state index contributed by atoms with van der Waals surface area (Å²) in [5, 5.41) is 6.74. The van der Waals surface area contributed by atoms with Gasteiger partial charge in [-0.2, -0.15) is 11.8 Å². The maximum Gasteiger partial charge on any atom is 0.191 e. The van der Waals surface area contributed by atoms with Gasteiger partial charge in [-0.05, 0) is 5.56 Å². The summed E-state index contributed by atoms with van der Waals surface area (Å²) in [6, 6.07) is 10.6. The van der Waals surface area contributed by atoms with Crippen molar-refractivity contribution in [1.82, 2.24) is 10.6 Å². The molecule has 21 heavy (non-hydrogen) atoms. The lowest BCUT2D eigenvalue weighted by atomic mass is 9.85. The molecule has 0 saturated carbocycles. The van der Waals surface area contributed by atoms with Crippen molar-refractivity contribution in [2.24, 2.45) is 4.99 Å². The number of hydrogen-bond acceptors (Lipinski definition) is 2. The first-order valence-electron chi connectivity index (χ1n) is 7.29. The Labute approximate surface area is 133 Å². The van der Waals surface area contributed by atoms with Crippen LogP contribution in [0.4, 0.5) is 0 Å². The Bertz CT molecular complexity index is 441. The van der Waals surface area contributed by atoms with Gasteiger partial charge in [-0.1, -0.05) is 50.3 Å². The summed E-state index contributed by atoms with van der Waals surface area (Å²) in [7, 11) is 1.81. The molecule has 0 amide bonds. The summed E-state index contributed by atoms with van der Waals surface area (Å²) < 4.78 is 0. The van der Waals surface area contributed by atoms with E-state index in [1.165, 1.54) is 5.56 Å². The third kappa shape index (κ3) is 6.71. The zero-order valence-corrected chi connectivity index (χ0v) is 14.2. The molecule has 0 aliphatic rings. The normalized spacial score (nSPS) is 12.0. The Morgan fingerprint density at radius 2 is 2.00 bits per heavy atom. The molecule has 0 saturated heterocycles. The number of nitrogens with zero attached hydrogens (tertiary/aromatic N) is 1. The number of rotatable bonds is 8. The molecule has 0 aliphatic heterocycles. The highest BCUT2D eigenvalue weighted by Crippen LogP contribution is 2.21. The smallest absolute Gasteiger partial charge is 0.191 e. The van der Waals surface area contributed by atoms with Gasteiger partial charge in [0.05, 0.1) is 0 Å². The van der Waals surface area contributed by atoms with Gasteiger partial charge in [0.2, 0.25) is 0 Å². The van der Waals surface area contributed by atoms with Gasteiger partial charge >= 0.3 is 0 Å². The van der Waals surface area contributed by atoms with Crippen LogP contribution in [0.5, 0.6) is 0 Å². The van der Waals surface area contributed by atoms with Crippen molar-refractivity contribution in [1.29, 1.82) is 0 Å². The van der Waals surface area contributed by atoms with Crippen molar-refractivity contribution < 1.29 is 0 Å². The third-order valence-corrected chi connectivity index (χ3v) is 4.22. The van der Waals surface area contributed by atoms with E-state index in [1.54, 1.807) is 0 Å². The second kappa shape index (κ2) is 9.50. The Morgan fingerprint density at radius 1 is 1.29 bits per heavy atom. The number of nitrogens with one attached hydrogen (secondary N) is 2. The second-order valence-electron chi connectivity index (χ2n) is 5.47. The highest BCUT2D eigenvalue weighted by atomic mass is 32.2. The first kappa shape index (κ1) is 17.6. The molecular formula is C17H27N3S. The van der Waals surface area contributed by atoms with Crippen LogP contribution in [-0.4, -0.2) is 37.6 Å². The van der Waals surface area contributed by atoms with Crippen LogP contribution < -0.4 is 10.6 Å². The summed E-state index contributed by atoms with van der Waals surface area (Å²) in [6.45, 7) is 9.95. The molecule has 0 heterocycles. The summed E-state index contributed by atoms with van der Waals surface area (Å²) >= 11 is 1.86. The van der Waals surface area contributed by atoms with E-state index in [9.17, 15) is 0 Å². The maximum atomic E-state index is 4.27. The zero-order chi connectivity index (χ0) is 15.6. The van der Waals surface area contributed by atoms with Gasteiger partial charge in [0.15, 0.2) is 5.96 Å². The molecule has 0 atom stereocenters. The molecule has 116 valence electrons. The van der Waals surface area contributed by atoms with Gasteiger partial charge in [0, 0.05) is 37.1 Å². The number of benzene rings is 1. The SMILES string of the molecule is C=CCSCCNC(=NC)NCC(C)(C)c1ccccc1. The quantitative estimate of drug-likeness (QED) is 0.335. The summed E-state index contributed by atoms with van der Waals surface area (Å²) in [5.41, 5.74) is 1.39. The fraction of sp³-hybridized carbons (Fsp3) is 0.471. The van der Waals surface area contributed by atoms with E-state index in [0.717, 1.165) is 30.6 Å². The second-order valence-corrected chi connectivity index (χ2v) is 6.62. The van der Waals surface area contributed by atoms with Crippen LogP contribution in [0.2, 0.25) is 0 Å². The summed E-state index contributed by atoms with van der Waals surface area (Å²) in [4.78, 5) is 4.27. The lowest BCUT2D eigenvalue weighted by molar-refractivity contribution is 0.509. The molecule has 0 spiro atoms. The molecule has 0 aromatic heterocycles. The van der Waals surface area contributed by atoms with E-state index in [2.05, 4.69) is 66.4 Å². The fourth-order valence-electron chi connectivity index (χ4n) is 1.92. The molecule has 0 unspecified atom stereocenters. The van der Waals surface area contributed by atoms with Crippen molar-refractivity contribution in [3.05, 3.63) is 48.6 Å². The van der Waals surface area contributed by atoms with Crippen LogP contribution in [0, 0.1) is 0 Å². The van der Waals surface area contributed by atoms with E-state index in [0.29, 0.717) is 0 Å². The highest BCUT2D eigenvalue weighted by Gasteiger charge is 2.20. The van der Waals surface area contributed by atoms with Crippen LogP contribution in [0.15, 0.2) is 48.0 Å². The minimum atomic E-state index is 0.0659. The molecule has 3 nitrogen and oxygen atoms in total. The molecule has 0 aliphatic carbocycles. The maximum absolute atomic E-state index is 4.27. The molecular weight excluding hydrogens is 278 g/mol. The number of aliphatic imine (C=N–C) groups is 1. The fourth-order valence-corrected chi connectivity index (χ4v) is 2.50. The van der Waals surface area contributed by atoms with E-state index >= 15 is 0 Å². The number of hydrogen-bond donors (Lipinski definition) is 2. The molecule has 0 bridgehead atoms. The zero-order valence-electron chi connectivity index (χ0n) is 13.4. The third-order valence-electron chi connectivity index (χ3n) is 3.25. The van der Waals surface area contributed by atoms with Gasteiger partial charge in [-0.3, -0.25) is 4.99 Å². The molecule has 1 aromatic rings. The van der Waals surface area contributed by atoms with Gasteiger partial charge in [0.25, 0.3) is 0 Å². The number of guanidine groups is 1. The average molecular weight is 305 g/mol. The Kier molecular flexibility index (Phi) is 7.98. The predicted octanol–water partition coefficient (Wildman–Crippen LogP) is 3.05. The summed E-state index contributed by atoms with van der Waals surface area (Å²) in [5.74, 6) is 2.90. The highest BCUT2D eigenvalue weighted by molar-refractivity contribution is 7.99. The van der Waals surface area contributed by atoms with Gasteiger partial charge in [-0.15, -0.1) is 6.58 Å².